The fraction of sp³-hybridized carbons (Fsp3) is 0.154. The molecule has 1 aromatic carbocycles. The Morgan fingerprint density at radius 1 is 1.43 bits per heavy atom. The number of hydrogen-bond acceptors (Lipinski definition) is 5. The summed E-state index contributed by atoms with van der Waals surface area (Å²) in [6.45, 7) is -0.341. The molecule has 0 spiro atoms. The molecule has 2 heterocycles. The topological polar surface area (TPSA) is 110 Å². The first kappa shape index (κ1) is 13.7. The molecule has 0 aliphatic heterocycles. The Morgan fingerprint density at radius 3 is 2.90 bits per heavy atom. The van der Waals surface area contributed by atoms with E-state index in [2.05, 4.69) is 15.2 Å². The molecule has 0 amide bonds. The lowest BCUT2D eigenvalue weighted by Gasteiger charge is -2.15. The highest BCUT2D eigenvalue weighted by Gasteiger charge is 2.19. The third-order valence-corrected chi connectivity index (χ3v) is 3.44. The van der Waals surface area contributed by atoms with Crippen molar-refractivity contribution in [2.24, 2.45) is 5.73 Å². The smallest absolute Gasteiger partial charge is 0.268 e. The number of nitrogens with one attached hydrogen (secondary N) is 1. The lowest BCUT2D eigenvalue weighted by Crippen LogP contribution is -2.30. The second kappa shape index (κ2) is 5.28. The second-order valence-electron chi connectivity index (χ2n) is 4.48. The van der Waals surface area contributed by atoms with Crippen molar-refractivity contribution in [3.63, 3.8) is 0 Å². The van der Waals surface area contributed by atoms with Gasteiger partial charge < -0.3 is 10.8 Å². The van der Waals surface area contributed by atoms with Crippen molar-refractivity contribution < 1.29 is 5.11 Å². The molecule has 2 aromatic heterocycles. The van der Waals surface area contributed by atoms with Gasteiger partial charge in [-0.1, -0.05) is 17.7 Å². The molecular weight excluding hydrogens is 294 g/mol. The average molecular weight is 306 g/mol. The van der Waals surface area contributed by atoms with Crippen LogP contribution in [0.1, 0.15) is 11.9 Å². The Labute approximate surface area is 124 Å². The van der Waals surface area contributed by atoms with E-state index in [1.54, 1.807) is 24.3 Å². The molecule has 8 heteroatoms. The van der Waals surface area contributed by atoms with Crippen LogP contribution in [0.5, 0.6) is 0 Å². The number of nitrogens with zero attached hydrogens (tertiary/aromatic N) is 3. The number of nitrogens with two attached hydrogens (primary N) is 1. The number of hydrogen-bond donors (Lipinski definition) is 3. The van der Waals surface area contributed by atoms with Gasteiger partial charge in [0.15, 0.2) is 0 Å². The maximum atomic E-state index is 12.7. The molecule has 108 valence electrons. The van der Waals surface area contributed by atoms with Gasteiger partial charge in [-0.3, -0.25) is 9.89 Å². The van der Waals surface area contributed by atoms with Crippen LogP contribution in [0.15, 0.2) is 35.3 Å². The predicted octanol–water partition coefficient (Wildman–Crippen LogP) is 0.754. The molecule has 0 aliphatic carbocycles. The number of aliphatic hydroxyl groups excluding tert-OH is 1. The second-order valence-corrected chi connectivity index (χ2v) is 4.88. The Bertz CT molecular complexity index is 844. The van der Waals surface area contributed by atoms with Crippen molar-refractivity contribution in [2.45, 2.75) is 6.04 Å². The summed E-state index contributed by atoms with van der Waals surface area (Å²) in [6, 6.07) is 5.80. The molecule has 0 unspecified atom stereocenters. The number of fused-ring (bicyclic) bond motifs is 1. The first-order chi connectivity index (χ1) is 10.1. The molecule has 0 saturated carbocycles. The van der Waals surface area contributed by atoms with Gasteiger partial charge in [-0.2, -0.15) is 5.10 Å². The van der Waals surface area contributed by atoms with E-state index in [0.717, 1.165) is 0 Å². The number of aromatic amines is 1. The first-order valence-electron chi connectivity index (χ1n) is 6.21. The van der Waals surface area contributed by atoms with E-state index in [-0.39, 0.29) is 18.0 Å². The fourth-order valence-electron chi connectivity index (χ4n) is 2.14. The Kier molecular flexibility index (Phi) is 3.46. The minimum absolute atomic E-state index is 0.238. The molecule has 4 N–H and O–H groups in total. The maximum Gasteiger partial charge on any atom is 0.268 e. The highest BCUT2D eigenvalue weighted by atomic mass is 35.5. The summed E-state index contributed by atoms with van der Waals surface area (Å²) in [5.74, 6) is 0.648. The van der Waals surface area contributed by atoms with Crippen LogP contribution in [0.3, 0.4) is 0 Å². The zero-order chi connectivity index (χ0) is 15.0. The van der Waals surface area contributed by atoms with Gasteiger partial charge in [0.25, 0.3) is 5.56 Å². The van der Waals surface area contributed by atoms with Gasteiger partial charge in [0, 0.05) is 6.07 Å². The summed E-state index contributed by atoms with van der Waals surface area (Å²) in [7, 11) is 0. The van der Waals surface area contributed by atoms with E-state index in [4.69, 9.17) is 17.3 Å². The standard InChI is InChI=1S/C13H12ClN5O2/c14-7-2-1-3-9-11(7)13(21)19(10-4-5-16-18-10)12(17-9)8(15)6-20/h1-5,8,20H,6,15H2,(H,16,18)/t8-/m0/s1. The van der Waals surface area contributed by atoms with Gasteiger partial charge >= 0.3 is 0 Å². The lowest BCUT2D eigenvalue weighted by atomic mass is 10.2. The SMILES string of the molecule is N[C@@H](CO)c1nc2cccc(Cl)c2c(=O)n1-c1ccn[nH]1. The van der Waals surface area contributed by atoms with Crippen LogP contribution in [0, 0.1) is 0 Å². The summed E-state index contributed by atoms with van der Waals surface area (Å²) >= 11 is 6.10. The number of rotatable bonds is 3. The average Bonchev–Trinajstić information content (AvgIpc) is 2.99. The molecule has 0 saturated heterocycles. The van der Waals surface area contributed by atoms with Crippen LogP contribution in [0.25, 0.3) is 16.7 Å². The van der Waals surface area contributed by atoms with Crippen LogP contribution in [-0.4, -0.2) is 31.5 Å². The third kappa shape index (κ3) is 2.21. The quantitative estimate of drug-likeness (QED) is 0.661. The van der Waals surface area contributed by atoms with Gasteiger partial charge in [-0.05, 0) is 12.1 Å². The molecule has 0 radical (unpaired) electrons. The van der Waals surface area contributed by atoms with E-state index in [0.29, 0.717) is 21.7 Å². The fourth-order valence-corrected chi connectivity index (χ4v) is 2.39. The van der Waals surface area contributed by atoms with Crippen molar-refractivity contribution in [2.75, 3.05) is 6.61 Å². The summed E-state index contributed by atoms with van der Waals surface area (Å²) in [5.41, 5.74) is 5.93. The maximum absolute atomic E-state index is 12.7. The van der Waals surface area contributed by atoms with Crippen molar-refractivity contribution in [3.8, 4) is 5.82 Å². The van der Waals surface area contributed by atoms with Crippen LogP contribution >= 0.6 is 11.6 Å². The molecule has 1 atom stereocenters. The lowest BCUT2D eigenvalue weighted by molar-refractivity contribution is 0.262. The van der Waals surface area contributed by atoms with E-state index in [1.807, 2.05) is 0 Å². The Balaban J connectivity index is 2.45. The highest BCUT2D eigenvalue weighted by molar-refractivity contribution is 6.35. The molecule has 3 rings (SSSR count). The molecule has 3 aromatic rings. The molecule has 7 nitrogen and oxygen atoms in total. The number of aromatic nitrogens is 4. The van der Waals surface area contributed by atoms with E-state index < -0.39 is 6.04 Å². The van der Waals surface area contributed by atoms with Crippen LogP contribution in [-0.2, 0) is 0 Å². The van der Waals surface area contributed by atoms with Gasteiger partial charge in [0.2, 0.25) is 0 Å². The van der Waals surface area contributed by atoms with Crippen LogP contribution in [0.2, 0.25) is 5.02 Å². The molecule has 0 bridgehead atoms. The summed E-state index contributed by atoms with van der Waals surface area (Å²) < 4.78 is 1.28. The number of H-pyrrole nitrogens is 1. The highest BCUT2D eigenvalue weighted by Crippen LogP contribution is 2.21. The minimum atomic E-state index is -0.801. The normalized spacial score (nSPS) is 12.7. The van der Waals surface area contributed by atoms with Gasteiger partial charge in [0.1, 0.15) is 11.6 Å². The number of aliphatic hydroxyl groups is 1. The third-order valence-electron chi connectivity index (χ3n) is 3.13. The van der Waals surface area contributed by atoms with E-state index in [9.17, 15) is 9.90 Å². The van der Waals surface area contributed by atoms with Gasteiger partial charge in [-0.15, -0.1) is 0 Å². The van der Waals surface area contributed by atoms with Crippen molar-refractivity contribution in [3.05, 3.63) is 51.7 Å². The Morgan fingerprint density at radius 2 is 2.24 bits per heavy atom. The summed E-state index contributed by atoms with van der Waals surface area (Å²) in [5, 5.41) is 16.4. The monoisotopic (exact) mass is 305 g/mol. The first-order valence-corrected chi connectivity index (χ1v) is 6.58. The minimum Gasteiger partial charge on any atom is -0.394 e. The molecule has 21 heavy (non-hydrogen) atoms. The van der Waals surface area contributed by atoms with E-state index >= 15 is 0 Å². The predicted molar refractivity (Wildman–Crippen MR) is 78.5 cm³/mol. The van der Waals surface area contributed by atoms with Crippen LogP contribution < -0.4 is 11.3 Å². The van der Waals surface area contributed by atoms with Crippen molar-refractivity contribution in [1.82, 2.24) is 19.7 Å². The number of halogens is 1. The zero-order valence-electron chi connectivity index (χ0n) is 10.8. The summed E-state index contributed by atoms with van der Waals surface area (Å²) in [4.78, 5) is 17.1. The largest absolute Gasteiger partial charge is 0.394 e. The zero-order valence-corrected chi connectivity index (χ0v) is 11.6. The molecular formula is C13H12ClN5O2. The van der Waals surface area contributed by atoms with Crippen molar-refractivity contribution >= 4 is 22.5 Å². The van der Waals surface area contributed by atoms with Crippen molar-refractivity contribution in [1.29, 1.82) is 0 Å². The molecule has 0 aliphatic rings. The van der Waals surface area contributed by atoms with E-state index in [1.165, 1.54) is 10.8 Å². The number of benzene rings is 1. The van der Waals surface area contributed by atoms with Crippen LogP contribution in [0.4, 0.5) is 0 Å². The van der Waals surface area contributed by atoms with Gasteiger partial charge in [-0.25, -0.2) is 9.55 Å². The Hall–Kier alpha value is -2.22. The molecule has 0 fully saturated rings. The van der Waals surface area contributed by atoms with Gasteiger partial charge in [0.05, 0.1) is 34.8 Å². The summed E-state index contributed by atoms with van der Waals surface area (Å²) in [6.07, 6.45) is 1.51.